The summed E-state index contributed by atoms with van der Waals surface area (Å²) in [6.07, 6.45) is 8.31. The molecule has 0 atom stereocenters. The van der Waals surface area contributed by atoms with Gasteiger partial charge in [-0.15, -0.1) is 11.3 Å². The van der Waals surface area contributed by atoms with Gasteiger partial charge >= 0.3 is 0 Å². The minimum absolute atomic E-state index is 0.155. The molecule has 6 nitrogen and oxygen atoms in total. The third-order valence-corrected chi connectivity index (χ3v) is 6.94. The highest BCUT2D eigenvalue weighted by Crippen LogP contribution is 2.32. The molecule has 2 aliphatic rings. The van der Waals surface area contributed by atoms with Crippen LogP contribution in [-0.4, -0.2) is 60.5 Å². The molecule has 3 aromatic rings. The molecule has 8 heteroatoms. The fraction of sp³-hybridized carbons (Fsp3) is 0.500. The number of nitrogens with zero attached hydrogens (tertiary/aromatic N) is 5. The molecule has 5 rings (SSSR count). The molecule has 0 spiro atoms. The predicted octanol–water partition coefficient (Wildman–Crippen LogP) is 4.31. The highest BCUT2D eigenvalue weighted by atomic mass is 32.1. The number of pyridine rings is 2. The van der Waals surface area contributed by atoms with Gasteiger partial charge in [0.1, 0.15) is 23.3 Å². The number of piperidine rings is 1. The molecule has 3 aromatic heterocycles. The molecule has 0 amide bonds. The standard InChI is InChI=1S/C22H26FN5OS/c23-7-12-29-17-5-10-28(11-6-17)21-13-18-19(15-25-21)30-22(26-18)16-3-4-20(24-14-16)27-8-1-2-9-27/h3-4,13-15,17H,1-2,5-12H2. The molecule has 2 saturated heterocycles. The molecule has 0 aromatic carbocycles. The van der Waals surface area contributed by atoms with E-state index in [1.807, 2.05) is 12.4 Å². The zero-order valence-electron chi connectivity index (χ0n) is 17.0. The van der Waals surface area contributed by atoms with Crippen molar-refractivity contribution in [1.29, 1.82) is 0 Å². The monoisotopic (exact) mass is 427 g/mol. The minimum Gasteiger partial charge on any atom is -0.375 e. The lowest BCUT2D eigenvalue weighted by molar-refractivity contribution is 0.0293. The van der Waals surface area contributed by atoms with Gasteiger partial charge in [-0.2, -0.15) is 0 Å². The Bertz CT molecular complexity index is 981. The van der Waals surface area contributed by atoms with Crippen LogP contribution in [0.25, 0.3) is 20.8 Å². The summed E-state index contributed by atoms with van der Waals surface area (Å²) in [6, 6.07) is 6.30. The summed E-state index contributed by atoms with van der Waals surface area (Å²) in [7, 11) is 0. The number of rotatable bonds is 6. The predicted molar refractivity (Wildman–Crippen MR) is 119 cm³/mol. The zero-order chi connectivity index (χ0) is 20.3. The fourth-order valence-corrected chi connectivity index (χ4v) is 5.13. The smallest absolute Gasteiger partial charge is 0.130 e. The number of hydrogen-bond acceptors (Lipinski definition) is 7. The maximum atomic E-state index is 12.3. The van der Waals surface area contributed by atoms with E-state index in [0.29, 0.717) is 0 Å². The Morgan fingerprint density at radius 2 is 1.77 bits per heavy atom. The summed E-state index contributed by atoms with van der Waals surface area (Å²) in [5.74, 6) is 2.01. The Kier molecular flexibility index (Phi) is 5.77. The van der Waals surface area contributed by atoms with E-state index >= 15 is 0 Å². The van der Waals surface area contributed by atoms with Gasteiger partial charge in [0.15, 0.2) is 0 Å². The zero-order valence-corrected chi connectivity index (χ0v) is 17.8. The molecule has 2 fully saturated rings. The lowest BCUT2D eigenvalue weighted by Crippen LogP contribution is -2.37. The average molecular weight is 428 g/mol. The summed E-state index contributed by atoms with van der Waals surface area (Å²) in [5.41, 5.74) is 2.02. The van der Waals surface area contributed by atoms with Crippen molar-refractivity contribution in [2.75, 3.05) is 49.3 Å². The maximum Gasteiger partial charge on any atom is 0.130 e. The van der Waals surface area contributed by atoms with Crippen LogP contribution in [-0.2, 0) is 4.74 Å². The number of alkyl halides is 1. The topological polar surface area (TPSA) is 54.4 Å². The van der Waals surface area contributed by atoms with E-state index < -0.39 is 6.67 Å². The fourth-order valence-electron chi connectivity index (χ4n) is 4.23. The molecule has 0 N–H and O–H groups in total. The maximum absolute atomic E-state index is 12.3. The van der Waals surface area contributed by atoms with E-state index in [1.165, 1.54) is 12.8 Å². The van der Waals surface area contributed by atoms with Crippen molar-refractivity contribution >= 4 is 33.2 Å². The number of ether oxygens (including phenoxy) is 1. The van der Waals surface area contributed by atoms with Crippen LogP contribution in [0.2, 0.25) is 0 Å². The van der Waals surface area contributed by atoms with Crippen molar-refractivity contribution in [3.8, 4) is 10.6 Å². The number of thiazole rings is 1. The van der Waals surface area contributed by atoms with Crippen molar-refractivity contribution < 1.29 is 9.13 Å². The molecule has 0 unspecified atom stereocenters. The van der Waals surface area contributed by atoms with E-state index in [2.05, 4.69) is 38.0 Å². The van der Waals surface area contributed by atoms with Crippen molar-refractivity contribution in [2.45, 2.75) is 31.8 Å². The summed E-state index contributed by atoms with van der Waals surface area (Å²) >= 11 is 1.65. The van der Waals surface area contributed by atoms with Crippen LogP contribution >= 0.6 is 11.3 Å². The molecule has 0 radical (unpaired) electrons. The van der Waals surface area contributed by atoms with Gasteiger partial charge in [0, 0.05) is 50.2 Å². The van der Waals surface area contributed by atoms with Crippen LogP contribution in [0.3, 0.4) is 0 Å². The number of halogens is 1. The summed E-state index contributed by atoms with van der Waals surface area (Å²) in [6.45, 7) is 3.72. The van der Waals surface area contributed by atoms with Gasteiger partial charge in [0.05, 0.1) is 22.9 Å². The number of aromatic nitrogens is 3. The van der Waals surface area contributed by atoms with Gasteiger partial charge in [-0.25, -0.2) is 19.3 Å². The molecule has 0 aliphatic carbocycles. The Hall–Kier alpha value is -2.32. The van der Waals surface area contributed by atoms with Crippen LogP contribution in [0.5, 0.6) is 0 Å². The van der Waals surface area contributed by atoms with Gasteiger partial charge in [-0.3, -0.25) is 0 Å². The Morgan fingerprint density at radius 3 is 2.50 bits per heavy atom. The first-order valence-electron chi connectivity index (χ1n) is 10.7. The van der Waals surface area contributed by atoms with Crippen molar-refractivity contribution in [2.24, 2.45) is 0 Å². The van der Waals surface area contributed by atoms with Crippen LogP contribution in [0.4, 0.5) is 16.0 Å². The molecule has 2 aliphatic heterocycles. The highest BCUT2D eigenvalue weighted by Gasteiger charge is 2.21. The highest BCUT2D eigenvalue weighted by molar-refractivity contribution is 7.21. The number of fused-ring (bicyclic) bond motifs is 1. The number of anilines is 2. The van der Waals surface area contributed by atoms with E-state index in [9.17, 15) is 4.39 Å². The largest absolute Gasteiger partial charge is 0.375 e. The molecule has 0 saturated carbocycles. The second-order valence-electron chi connectivity index (χ2n) is 7.87. The third-order valence-electron chi connectivity index (χ3n) is 5.88. The average Bonchev–Trinajstić information content (AvgIpc) is 3.48. The molecule has 0 bridgehead atoms. The van der Waals surface area contributed by atoms with Crippen molar-refractivity contribution in [3.63, 3.8) is 0 Å². The normalized spacial score (nSPS) is 17.9. The Labute approximate surface area is 179 Å². The van der Waals surface area contributed by atoms with E-state index in [-0.39, 0.29) is 12.7 Å². The molecular weight excluding hydrogens is 401 g/mol. The second-order valence-corrected chi connectivity index (χ2v) is 8.91. The van der Waals surface area contributed by atoms with Gasteiger partial charge in [-0.1, -0.05) is 0 Å². The van der Waals surface area contributed by atoms with Crippen LogP contribution in [0.1, 0.15) is 25.7 Å². The molecular formula is C22H26FN5OS. The lowest BCUT2D eigenvalue weighted by Gasteiger charge is -2.32. The van der Waals surface area contributed by atoms with Crippen molar-refractivity contribution in [3.05, 3.63) is 30.6 Å². The van der Waals surface area contributed by atoms with Crippen LogP contribution in [0.15, 0.2) is 30.6 Å². The third kappa shape index (κ3) is 4.11. The lowest BCUT2D eigenvalue weighted by atomic mass is 10.1. The van der Waals surface area contributed by atoms with Gasteiger partial charge < -0.3 is 14.5 Å². The molecule has 5 heterocycles. The first-order valence-corrected chi connectivity index (χ1v) is 11.5. The van der Waals surface area contributed by atoms with Crippen molar-refractivity contribution in [1.82, 2.24) is 15.0 Å². The molecule has 158 valence electrons. The van der Waals surface area contributed by atoms with Crippen LogP contribution in [0, 0.1) is 0 Å². The van der Waals surface area contributed by atoms with Gasteiger partial charge in [-0.05, 0) is 37.8 Å². The minimum atomic E-state index is -0.416. The second kappa shape index (κ2) is 8.81. The Morgan fingerprint density at radius 1 is 1.00 bits per heavy atom. The summed E-state index contributed by atoms with van der Waals surface area (Å²) in [4.78, 5) is 18.8. The first kappa shape index (κ1) is 19.6. The van der Waals surface area contributed by atoms with Crippen LogP contribution < -0.4 is 9.80 Å². The van der Waals surface area contributed by atoms with Gasteiger partial charge in [0.25, 0.3) is 0 Å². The summed E-state index contributed by atoms with van der Waals surface area (Å²) < 4.78 is 18.9. The molecule has 30 heavy (non-hydrogen) atoms. The van der Waals surface area contributed by atoms with E-state index in [0.717, 1.165) is 71.4 Å². The number of hydrogen-bond donors (Lipinski definition) is 0. The van der Waals surface area contributed by atoms with Gasteiger partial charge in [0.2, 0.25) is 0 Å². The summed E-state index contributed by atoms with van der Waals surface area (Å²) in [5, 5.41) is 0.975. The Balaban J connectivity index is 1.29. The van der Waals surface area contributed by atoms with E-state index in [4.69, 9.17) is 9.72 Å². The van der Waals surface area contributed by atoms with E-state index in [1.54, 1.807) is 11.3 Å². The SMILES string of the molecule is FCCOC1CCN(c2cc3nc(-c4ccc(N5CCCC5)nc4)sc3cn2)CC1. The first-order chi connectivity index (χ1) is 14.8. The quantitative estimate of drug-likeness (QED) is 0.584.